The minimum atomic E-state index is 0.0274. The molecule has 0 spiro atoms. The van der Waals surface area contributed by atoms with Crippen LogP contribution in [0, 0.1) is 0 Å². The van der Waals surface area contributed by atoms with Crippen molar-refractivity contribution in [2.45, 2.75) is 26.4 Å². The van der Waals surface area contributed by atoms with Crippen molar-refractivity contribution in [3.05, 3.63) is 58.0 Å². The summed E-state index contributed by atoms with van der Waals surface area (Å²) in [6.45, 7) is 10.8. The van der Waals surface area contributed by atoms with Gasteiger partial charge in [-0.2, -0.15) is 0 Å². The Morgan fingerprint density at radius 3 is 2.52 bits per heavy atom. The lowest BCUT2D eigenvalue weighted by Gasteiger charge is -2.38. The molecule has 0 saturated carbocycles. The van der Waals surface area contributed by atoms with Gasteiger partial charge in [0, 0.05) is 31.1 Å². The molecule has 1 atom stereocenters. The molecule has 1 aliphatic heterocycles. The summed E-state index contributed by atoms with van der Waals surface area (Å²) in [5, 5.41) is 14.9. The van der Waals surface area contributed by atoms with Gasteiger partial charge in [0.1, 0.15) is 5.75 Å². The van der Waals surface area contributed by atoms with Crippen LogP contribution in [0.3, 0.4) is 0 Å². The van der Waals surface area contributed by atoms with Crippen molar-refractivity contribution in [2.24, 2.45) is 0 Å². The van der Waals surface area contributed by atoms with E-state index in [4.69, 9.17) is 4.74 Å². The Bertz CT molecular complexity index is 871. The van der Waals surface area contributed by atoms with E-state index in [1.54, 1.807) is 11.3 Å². The van der Waals surface area contributed by atoms with Crippen LogP contribution < -0.4 is 4.74 Å². The minimum absolute atomic E-state index is 0.0274. The van der Waals surface area contributed by atoms with E-state index in [-0.39, 0.29) is 6.04 Å². The largest absolute Gasteiger partial charge is 0.494 e. The van der Waals surface area contributed by atoms with Crippen LogP contribution in [-0.4, -0.2) is 69.3 Å². The maximum absolute atomic E-state index is 5.63. The lowest BCUT2D eigenvalue weighted by Crippen LogP contribution is -2.48. The highest BCUT2D eigenvalue weighted by atomic mass is 32.1. The first-order valence-corrected chi connectivity index (χ1v) is 11.1. The zero-order chi connectivity index (χ0) is 20.1. The van der Waals surface area contributed by atoms with E-state index in [0.29, 0.717) is 13.2 Å². The highest BCUT2D eigenvalue weighted by Gasteiger charge is 2.30. The van der Waals surface area contributed by atoms with Crippen LogP contribution in [0.1, 0.15) is 36.2 Å². The van der Waals surface area contributed by atoms with E-state index in [0.717, 1.165) is 44.3 Å². The number of hydrogen-bond acceptors (Lipinski definition) is 7. The molecule has 8 heteroatoms. The Morgan fingerprint density at radius 2 is 1.86 bits per heavy atom. The number of ether oxygens (including phenoxy) is 1. The van der Waals surface area contributed by atoms with E-state index in [2.05, 4.69) is 61.9 Å². The topological polar surface area (TPSA) is 59.3 Å². The van der Waals surface area contributed by atoms with Crippen molar-refractivity contribution in [3.63, 3.8) is 0 Å². The van der Waals surface area contributed by atoms with Crippen LogP contribution in [0.15, 0.2) is 41.8 Å². The maximum Gasteiger partial charge on any atom is 0.173 e. The maximum atomic E-state index is 5.63. The zero-order valence-electron chi connectivity index (χ0n) is 17.1. The van der Waals surface area contributed by atoms with E-state index in [9.17, 15) is 0 Å². The predicted octanol–water partition coefficient (Wildman–Crippen LogP) is 2.91. The monoisotopic (exact) mass is 412 g/mol. The quantitative estimate of drug-likeness (QED) is 0.567. The second-order valence-electron chi connectivity index (χ2n) is 7.15. The van der Waals surface area contributed by atoms with E-state index in [1.165, 1.54) is 10.4 Å². The van der Waals surface area contributed by atoms with Crippen molar-refractivity contribution in [1.82, 2.24) is 30.0 Å². The summed E-state index contributed by atoms with van der Waals surface area (Å²) < 4.78 is 7.58. The molecular formula is C21H28N6OS. The first-order valence-electron chi connectivity index (χ1n) is 10.3. The van der Waals surface area contributed by atoms with Gasteiger partial charge in [0.05, 0.1) is 19.2 Å². The third-order valence-electron chi connectivity index (χ3n) is 5.42. The SMILES string of the molecule is CCOc1ccc([C@H](c2nnnn2Cc2cccs2)N2CCN(CC)CC2)cc1. The Balaban J connectivity index is 1.64. The minimum Gasteiger partial charge on any atom is -0.494 e. The van der Waals surface area contributed by atoms with Gasteiger partial charge in [-0.3, -0.25) is 4.90 Å². The summed E-state index contributed by atoms with van der Waals surface area (Å²) in [6, 6.07) is 12.6. The van der Waals surface area contributed by atoms with Gasteiger partial charge >= 0.3 is 0 Å². The van der Waals surface area contributed by atoms with Crippen LogP contribution in [0.5, 0.6) is 5.75 Å². The lowest BCUT2D eigenvalue weighted by atomic mass is 10.0. The van der Waals surface area contributed by atoms with Crippen LogP contribution in [0.4, 0.5) is 0 Å². The molecule has 154 valence electrons. The molecule has 0 amide bonds. The fourth-order valence-corrected chi connectivity index (χ4v) is 4.53. The molecule has 0 unspecified atom stereocenters. The van der Waals surface area contributed by atoms with Gasteiger partial charge in [0.2, 0.25) is 0 Å². The zero-order valence-corrected chi connectivity index (χ0v) is 17.9. The number of thiophene rings is 1. The molecule has 0 N–H and O–H groups in total. The molecule has 7 nitrogen and oxygen atoms in total. The number of nitrogens with zero attached hydrogens (tertiary/aromatic N) is 6. The second-order valence-corrected chi connectivity index (χ2v) is 8.18. The first-order chi connectivity index (χ1) is 14.3. The van der Waals surface area contributed by atoms with Gasteiger partial charge in [-0.25, -0.2) is 4.68 Å². The molecule has 2 aromatic heterocycles. The van der Waals surface area contributed by atoms with Crippen LogP contribution in [0.2, 0.25) is 0 Å². The summed E-state index contributed by atoms with van der Waals surface area (Å²) in [5.74, 6) is 1.79. The van der Waals surface area contributed by atoms with Crippen molar-refractivity contribution in [1.29, 1.82) is 0 Å². The number of benzene rings is 1. The number of likely N-dealkylation sites (N-methyl/N-ethyl adjacent to an activating group) is 1. The molecule has 1 saturated heterocycles. The second kappa shape index (κ2) is 9.47. The predicted molar refractivity (Wildman–Crippen MR) is 114 cm³/mol. The van der Waals surface area contributed by atoms with Crippen molar-refractivity contribution >= 4 is 11.3 Å². The Kier molecular flexibility index (Phi) is 6.53. The molecule has 1 aromatic carbocycles. The molecular weight excluding hydrogens is 384 g/mol. The summed E-state index contributed by atoms with van der Waals surface area (Å²) in [6.07, 6.45) is 0. The van der Waals surface area contributed by atoms with Crippen LogP contribution >= 0.6 is 11.3 Å². The first kappa shape index (κ1) is 20.0. The Hall–Kier alpha value is -2.29. The summed E-state index contributed by atoms with van der Waals surface area (Å²) in [4.78, 5) is 6.23. The molecule has 0 bridgehead atoms. The van der Waals surface area contributed by atoms with Gasteiger partial charge < -0.3 is 9.64 Å². The lowest BCUT2D eigenvalue weighted by molar-refractivity contribution is 0.108. The Morgan fingerprint density at radius 1 is 1.07 bits per heavy atom. The number of hydrogen-bond donors (Lipinski definition) is 0. The van der Waals surface area contributed by atoms with Gasteiger partial charge in [-0.1, -0.05) is 25.1 Å². The molecule has 1 fully saturated rings. The van der Waals surface area contributed by atoms with Crippen molar-refractivity contribution in [2.75, 3.05) is 39.3 Å². The third kappa shape index (κ3) is 4.66. The fraction of sp³-hybridized carbons (Fsp3) is 0.476. The van der Waals surface area contributed by atoms with E-state index < -0.39 is 0 Å². The number of aromatic nitrogens is 4. The summed E-state index contributed by atoms with van der Waals surface area (Å²) in [5.41, 5.74) is 1.20. The number of rotatable bonds is 8. The molecule has 3 heterocycles. The summed E-state index contributed by atoms with van der Waals surface area (Å²) >= 11 is 1.73. The van der Waals surface area contributed by atoms with Gasteiger partial charge in [0.15, 0.2) is 5.82 Å². The molecule has 29 heavy (non-hydrogen) atoms. The van der Waals surface area contributed by atoms with Gasteiger partial charge in [-0.15, -0.1) is 16.4 Å². The molecule has 0 aliphatic carbocycles. The third-order valence-corrected chi connectivity index (χ3v) is 6.28. The number of piperazine rings is 1. The number of tetrazole rings is 1. The molecule has 0 radical (unpaired) electrons. The highest BCUT2D eigenvalue weighted by molar-refractivity contribution is 7.09. The standard InChI is InChI=1S/C21H28N6OS/c1-3-25-11-13-26(14-12-25)20(17-7-9-18(10-8-17)28-4-2)21-22-23-24-27(21)16-19-6-5-15-29-19/h5-10,15,20H,3-4,11-14,16H2,1-2H3/t20-/m1/s1. The van der Waals surface area contributed by atoms with E-state index in [1.807, 2.05) is 23.7 Å². The highest BCUT2D eigenvalue weighted by Crippen LogP contribution is 2.30. The molecule has 4 rings (SSSR count). The Labute approximate surface area is 175 Å². The average molecular weight is 413 g/mol. The van der Waals surface area contributed by atoms with Gasteiger partial charge in [0.25, 0.3) is 0 Å². The average Bonchev–Trinajstić information content (AvgIpc) is 3.43. The fourth-order valence-electron chi connectivity index (χ4n) is 3.84. The van der Waals surface area contributed by atoms with Crippen molar-refractivity contribution < 1.29 is 4.74 Å². The van der Waals surface area contributed by atoms with Gasteiger partial charge in [-0.05, 0) is 53.0 Å². The smallest absolute Gasteiger partial charge is 0.173 e. The normalized spacial score (nSPS) is 16.8. The van der Waals surface area contributed by atoms with E-state index >= 15 is 0 Å². The van der Waals surface area contributed by atoms with Crippen LogP contribution in [0.25, 0.3) is 0 Å². The molecule has 1 aliphatic rings. The summed E-state index contributed by atoms with van der Waals surface area (Å²) in [7, 11) is 0. The molecule has 3 aromatic rings. The van der Waals surface area contributed by atoms with Crippen molar-refractivity contribution in [3.8, 4) is 5.75 Å². The van der Waals surface area contributed by atoms with Crippen LogP contribution in [-0.2, 0) is 6.54 Å².